The van der Waals surface area contributed by atoms with Crippen LogP contribution in [0.15, 0.2) is 23.1 Å². The van der Waals surface area contributed by atoms with Gasteiger partial charge >= 0.3 is 6.80 Å². The van der Waals surface area contributed by atoms with Gasteiger partial charge in [-0.15, -0.1) is 11.8 Å². The van der Waals surface area contributed by atoms with Crippen molar-refractivity contribution in [2.24, 2.45) is 0 Å². The Kier molecular flexibility index (Phi) is 7.88. The molecule has 0 aliphatic carbocycles. The molecule has 0 aliphatic rings. The SMILES string of the molecule is CCCSP(=O)(OCC)Oc1ccc(SC)cc1OC. The Morgan fingerprint density at radius 1 is 1.25 bits per heavy atom. The van der Waals surface area contributed by atoms with E-state index in [1.54, 1.807) is 31.9 Å². The predicted octanol–water partition coefficient (Wildman–Crippen LogP) is 5.08. The third kappa shape index (κ3) is 5.24. The highest BCUT2D eigenvalue weighted by molar-refractivity contribution is 8.55. The fourth-order valence-electron chi connectivity index (χ4n) is 1.42. The molecular weight excluding hydrogens is 315 g/mol. The lowest BCUT2D eigenvalue weighted by Gasteiger charge is -2.19. The van der Waals surface area contributed by atoms with Crippen LogP contribution in [0.5, 0.6) is 11.5 Å². The smallest absolute Gasteiger partial charge is 0.440 e. The highest BCUT2D eigenvalue weighted by atomic mass is 32.7. The van der Waals surface area contributed by atoms with Crippen LogP contribution in [0.25, 0.3) is 0 Å². The van der Waals surface area contributed by atoms with Gasteiger partial charge in [-0.2, -0.15) is 0 Å². The third-order valence-electron chi connectivity index (χ3n) is 2.32. The van der Waals surface area contributed by atoms with E-state index in [4.69, 9.17) is 13.8 Å². The molecule has 0 bridgehead atoms. The van der Waals surface area contributed by atoms with E-state index < -0.39 is 6.80 Å². The van der Waals surface area contributed by atoms with Crippen molar-refractivity contribution in [2.75, 3.05) is 25.7 Å². The lowest BCUT2D eigenvalue weighted by molar-refractivity contribution is 0.291. The minimum absolute atomic E-state index is 0.346. The first-order valence-corrected chi connectivity index (χ1v) is 10.7. The van der Waals surface area contributed by atoms with E-state index in [-0.39, 0.29) is 0 Å². The maximum atomic E-state index is 12.6. The molecule has 0 spiro atoms. The van der Waals surface area contributed by atoms with Gasteiger partial charge in [0.1, 0.15) is 0 Å². The molecule has 1 rings (SSSR count). The van der Waals surface area contributed by atoms with Gasteiger partial charge in [-0.05, 0) is 49.2 Å². The van der Waals surface area contributed by atoms with Crippen molar-refractivity contribution < 1.29 is 18.3 Å². The normalized spacial score (nSPS) is 13.8. The third-order valence-corrected chi connectivity index (χ3v) is 6.99. The summed E-state index contributed by atoms with van der Waals surface area (Å²) in [6, 6.07) is 5.53. The molecule has 0 radical (unpaired) electrons. The first-order valence-electron chi connectivity index (χ1n) is 6.39. The van der Waals surface area contributed by atoms with Crippen LogP contribution in [0, 0.1) is 0 Å². The van der Waals surface area contributed by atoms with Crippen molar-refractivity contribution >= 4 is 29.9 Å². The van der Waals surface area contributed by atoms with Crippen LogP contribution in [0.1, 0.15) is 20.3 Å². The number of hydrogen-bond donors (Lipinski definition) is 0. The Hall–Kier alpha value is -0.290. The van der Waals surface area contributed by atoms with Crippen molar-refractivity contribution in [3.05, 3.63) is 18.2 Å². The first kappa shape index (κ1) is 17.8. The largest absolute Gasteiger partial charge is 0.493 e. The van der Waals surface area contributed by atoms with Gasteiger partial charge in [0.2, 0.25) is 0 Å². The van der Waals surface area contributed by atoms with Crippen LogP contribution in [0.2, 0.25) is 0 Å². The minimum atomic E-state index is -3.19. The van der Waals surface area contributed by atoms with Gasteiger partial charge in [0.15, 0.2) is 11.5 Å². The fourth-order valence-corrected chi connectivity index (χ4v) is 5.30. The average molecular weight is 336 g/mol. The second-order valence-electron chi connectivity index (χ2n) is 3.81. The topological polar surface area (TPSA) is 44.8 Å². The number of rotatable bonds is 9. The van der Waals surface area contributed by atoms with Crippen LogP contribution in [0.3, 0.4) is 0 Å². The van der Waals surface area contributed by atoms with Crippen LogP contribution in [0.4, 0.5) is 0 Å². The van der Waals surface area contributed by atoms with Crippen molar-refractivity contribution in [2.45, 2.75) is 25.2 Å². The Morgan fingerprint density at radius 3 is 2.55 bits per heavy atom. The lowest BCUT2D eigenvalue weighted by atomic mass is 10.3. The summed E-state index contributed by atoms with van der Waals surface area (Å²) in [5.41, 5.74) is 0. The highest BCUT2D eigenvalue weighted by Gasteiger charge is 2.27. The van der Waals surface area contributed by atoms with Gasteiger partial charge in [0.05, 0.1) is 13.7 Å². The Bertz CT molecular complexity index is 468. The van der Waals surface area contributed by atoms with Crippen LogP contribution < -0.4 is 9.26 Å². The van der Waals surface area contributed by atoms with Crippen molar-refractivity contribution in [3.8, 4) is 11.5 Å². The number of methoxy groups -OCH3 is 1. The summed E-state index contributed by atoms with van der Waals surface area (Å²) in [6.45, 7) is 0.982. The van der Waals surface area contributed by atoms with Crippen LogP contribution in [-0.4, -0.2) is 25.7 Å². The Balaban J connectivity index is 2.95. The van der Waals surface area contributed by atoms with Gasteiger partial charge < -0.3 is 9.26 Å². The summed E-state index contributed by atoms with van der Waals surface area (Å²) in [5, 5.41) is 0. The van der Waals surface area contributed by atoms with E-state index in [9.17, 15) is 4.57 Å². The monoisotopic (exact) mass is 336 g/mol. The first-order chi connectivity index (χ1) is 9.58. The van der Waals surface area contributed by atoms with E-state index in [2.05, 4.69) is 0 Å². The van der Waals surface area contributed by atoms with Gasteiger partial charge in [-0.1, -0.05) is 6.92 Å². The van der Waals surface area contributed by atoms with E-state index in [1.165, 1.54) is 11.4 Å². The molecule has 0 N–H and O–H groups in total. The quantitative estimate of drug-likeness (QED) is 0.463. The maximum absolute atomic E-state index is 12.6. The highest BCUT2D eigenvalue weighted by Crippen LogP contribution is 2.61. The number of thioether (sulfide) groups is 1. The van der Waals surface area contributed by atoms with E-state index >= 15 is 0 Å². The van der Waals surface area contributed by atoms with E-state index in [0.717, 1.165) is 17.1 Å². The zero-order chi connectivity index (χ0) is 15.0. The molecular formula is C13H21O4PS2. The molecule has 0 saturated heterocycles. The standard InChI is InChI=1S/C13H21O4PS2/c1-5-9-20-18(14,16-6-2)17-12-8-7-11(19-4)10-13(12)15-3/h7-8,10H,5-6,9H2,1-4H3. The molecule has 0 aliphatic heterocycles. The summed E-state index contributed by atoms with van der Waals surface area (Å²) in [4.78, 5) is 1.06. The molecule has 0 fully saturated rings. The molecule has 0 heterocycles. The van der Waals surface area contributed by atoms with Crippen molar-refractivity contribution in [1.29, 1.82) is 0 Å². The minimum Gasteiger partial charge on any atom is -0.493 e. The molecule has 1 unspecified atom stereocenters. The average Bonchev–Trinajstić information content (AvgIpc) is 2.46. The summed E-state index contributed by atoms with van der Waals surface area (Å²) < 4.78 is 28.9. The molecule has 7 heteroatoms. The number of benzene rings is 1. The van der Waals surface area contributed by atoms with Crippen molar-refractivity contribution in [3.63, 3.8) is 0 Å². The molecule has 20 heavy (non-hydrogen) atoms. The molecule has 114 valence electrons. The second-order valence-corrected chi connectivity index (χ2v) is 8.80. The zero-order valence-electron chi connectivity index (χ0n) is 12.3. The Labute approximate surface area is 129 Å². The number of ether oxygens (including phenoxy) is 1. The molecule has 1 aromatic carbocycles. The lowest BCUT2D eigenvalue weighted by Crippen LogP contribution is -1.98. The number of hydrogen-bond acceptors (Lipinski definition) is 6. The van der Waals surface area contributed by atoms with Gasteiger partial charge in [0, 0.05) is 10.6 Å². The van der Waals surface area contributed by atoms with Gasteiger partial charge in [0.25, 0.3) is 0 Å². The molecule has 0 aromatic heterocycles. The van der Waals surface area contributed by atoms with Gasteiger partial charge in [-0.3, -0.25) is 4.52 Å². The molecule has 1 atom stereocenters. The fraction of sp³-hybridized carbons (Fsp3) is 0.538. The van der Waals surface area contributed by atoms with E-state index in [1.807, 2.05) is 25.3 Å². The zero-order valence-corrected chi connectivity index (χ0v) is 14.8. The summed E-state index contributed by atoms with van der Waals surface area (Å²) in [5.74, 6) is 1.74. The predicted molar refractivity (Wildman–Crippen MR) is 87.4 cm³/mol. The maximum Gasteiger partial charge on any atom is 0.440 e. The van der Waals surface area contributed by atoms with Gasteiger partial charge in [-0.25, -0.2) is 4.57 Å². The van der Waals surface area contributed by atoms with E-state index in [0.29, 0.717) is 18.1 Å². The summed E-state index contributed by atoms with van der Waals surface area (Å²) in [7, 11) is 1.57. The molecule has 0 saturated carbocycles. The van der Waals surface area contributed by atoms with Crippen LogP contribution >= 0.6 is 29.9 Å². The second kappa shape index (κ2) is 8.88. The van der Waals surface area contributed by atoms with Crippen LogP contribution in [-0.2, 0) is 9.09 Å². The molecule has 1 aromatic rings. The van der Waals surface area contributed by atoms with Crippen molar-refractivity contribution in [1.82, 2.24) is 0 Å². The molecule has 4 nitrogen and oxygen atoms in total. The Morgan fingerprint density at radius 2 is 2.00 bits per heavy atom. The molecule has 0 amide bonds. The summed E-state index contributed by atoms with van der Waals surface area (Å²) in [6.07, 6.45) is 2.89. The summed E-state index contributed by atoms with van der Waals surface area (Å²) >= 11 is 2.83.